The van der Waals surface area contributed by atoms with E-state index in [1.807, 2.05) is 19.1 Å². The maximum atomic E-state index is 9.89. The van der Waals surface area contributed by atoms with Crippen LogP contribution >= 0.6 is 0 Å². The van der Waals surface area contributed by atoms with Gasteiger partial charge in [-0.15, -0.1) is 0 Å². The van der Waals surface area contributed by atoms with Gasteiger partial charge in [0, 0.05) is 28.9 Å². The van der Waals surface area contributed by atoms with Crippen LogP contribution in [-0.4, -0.2) is 17.2 Å². The summed E-state index contributed by atoms with van der Waals surface area (Å²) in [5.41, 5.74) is 7.31. The lowest BCUT2D eigenvalue weighted by molar-refractivity contribution is -0.578. The van der Waals surface area contributed by atoms with Crippen LogP contribution in [0.25, 0.3) is 17.3 Å². The van der Waals surface area contributed by atoms with Crippen LogP contribution < -0.4 is 9.30 Å². The number of hydrogen-bond donors (Lipinski definition) is 1. The lowest BCUT2D eigenvalue weighted by Crippen LogP contribution is -2.33. The molecule has 0 saturated heterocycles. The number of hydrogen-bond acceptors (Lipinski definition) is 3. The number of phenolic OH excluding ortho intramolecular Hbond substituents is 1. The fourth-order valence-corrected chi connectivity index (χ4v) is 3.05. The minimum atomic E-state index is 0. The van der Waals surface area contributed by atoms with E-state index in [9.17, 15) is 5.11 Å². The largest absolute Gasteiger partial charge is 0.870 e. The molecule has 132 valence electrons. The van der Waals surface area contributed by atoms with Gasteiger partial charge in [-0.05, 0) is 51.0 Å². The van der Waals surface area contributed by atoms with Crippen molar-refractivity contribution in [3.63, 3.8) is 0 Å². The molecule has 2 heterocycles. The van der Waals surface area contributed by atoms with Crippen LogP contribution in [0.1, 0.15) is 44.5 Å². The van der Waals surface area contributed by atoms with Crippen molar-refractivity contribution in [3.05, 3.63) is 58.9 Å². The molecule has 0 amide bonds. The first-order valence-corrected chi connectivity index (χ1v) is 8.45. The molecule has 0 spiro atoms. The van der Waals surface area contributed by atoms with E-state index >= 15 is 0 Å². The predicted molar refractivity (Wildman–Crippen MR) is 99.7 cm³/mol. The molecule has 0 aliphatic carbocycles. The van der Waals surface area contributed by atoms with Gasteiger partial charge in [0.05, 0.1) is 6.61 Å². The Morgan fingerprint density at radius 2 is 1.84 bits per heavy atom. The molecule has 0 bridgehead atoms. The molecule has 1 aromatic carbocycles. The number of pyridine rings is 1. The van der Waals surface area contributed by atoms with Crippen LogP contribution in [0.15, 0.2) is 42.1 Å². The summed E-state index contributed by atoms with van der Waals surface area (Å²) in [5, 5.41) is 9.89. The van der Waals surface area contributed by atoms with E-state index in [4.69, 9.17) is 4.74 Å². The Labute approximate surface area is 149 Å². The Morgan fingerprint density at radius 1 is 1.08 bits per heavy atom. The number of aromatic hydroxyl groups is 1. The number of rotatable bonds is 4. The summed E-state index contributed by atoms with van der Waals surface area (Å²) >= 11 is 0. The summed E-state index contributed by atoms with van der Waals surface area (Å²) in [4.78, 5) is 0. The number of aryl methyl sites for hydroxylation is 1. The van der Waals surface area contributed by atoms with E-state index < -0.39 is 0 Å². The average molecular weight is 339 g/mol. The first-order valence-electron chi connectivity index (χ1n) is 8.45. The van der Waals surface area contributed by atoms with Crippen LogP contribution in [0.2, 0.25) is 0 Å². The van der Waals surface area contributed by atoms with Crippen molar-refractivity contribution in [3.8, 4) is 11.5 Å². The molecule has 0 saturated carbocycles. The minimum absolute atomic E-state index is 0. The van der Waals surface area contributed by atoms with Gasteiger partial charge in [-0.1, -0.05) is 13.0 Å². The highest BCUT2D eigenvalue weighted by Crippen LogP contribution is 2.32. The number of aromatic nitrogens is 1. The summed E-state index contributed by atoms with van der Waals surface area (Å²) in [6.45, 7) is 8.93. The normalized spacial score (nSPS) is 14.5. The van der Waals surface area contributed by atoms with Gasteiger partial charge in [0.15, 0.2) is 17.7 Å². The second kappa shape index (κ2) is 7.53. The quantitative estimate of drug-likeness (QED) is 0.846. The van der Waals surface area contributed by atoms with Crippen LogP contribution in [0, 0.1) is 0 Å². The lowest BCUT2D eigenvalue weighted by Gasteiger charge is -2.06. The van der Waals surface area contributed by atoms with Crippen LogP contribution in [0.4, 0.5) is 0 Å². The highest BCUT2D eigenvalue weighted by Gasteiger charge is 2.29. The zero-order chi connectivity index (χ0) is 17.3. The van der Waals surface area contributed by atoms with Gasteiger partial charge in [0.25, 0.3) is 0 Å². The van der Waals surface area contributed by atoms with Crippen molar-refractivity contribution in [2.24, 2.45) is 0 Å². The smallest absolute Gasteiger partial charge is 0.215 e. The molecule has 0 atom stereocenters. The highest BCUT2D eigenvalue weighted by atomic mass is 16.5. The van der Waals surface area contributed by atoms with Crippen molar-refractivity contribution in [1.82, 2.24) is 0 Å². The van der Waals surface area contributed by atoms with Gasteiger partial charge < -0.3 is 15.3 Å². The Balaban J connectivity index is 0.00000225. The van der Waals surface area contributed by atoms with Crippen LogP contribution in [0.3, 0.4) is 0 Å². The van der Waals surface area contributed by atoms with E-state index in [0.29, 0.717) is 12.4 Å². The molecular formula is C21H25NO3. The summed E-state index contributed by atoms with van der Waals surface area (Å²) in [6.07, 6.45) is 5.38. The number of phenols is 1. The van der Waals surface area contributed by atoms with Gasteiger partial charge in [-0.25, -0.2) is 0 Å². The second-order valence-corrected chi connectivity index (χ2v) is 6.09. The standard InChI is InChI=1S/C21H23NO2.H2O/c1-5-16-7-9-18-14(3)15(4)19(22(18)13-16)11-17-8-10-20(23)21(12-17)24-6-2;/h7-13H,5-6H2,1-4H3;1H2. The van der Waals surface area contributed by atoms with E-state index in [1.54, 1.807) is 6.07 Å². The molecule has 4 nitrogen and oxygen atoms in total. The zero-order valence-corrected chi connectivity index (χ0v) is 15.2. The van der Waals surface area contributed by atoms with Crippen molar-refractivity contribution in [2.45, 2.75) is 34.1 Å². The minimum Gasteiger partial charge on any atom is -0.870 e. The summed E-state index contributed by atoms with van der Waals surface area (Å²) in [5.74, 6) is 0.700. The maximum Gasteiger partial charge on any atom is 0.215 e. The molecule has 1 aliphatic heterocycles. The Hall–Kier alpha value is -2.59. The summed E-state index contributed by atoms with van der Waals surface area (Å²) < 4.78 is 7.76. The number of ether oxygens (including phenoxy) is 1. The van der Waals surface area contributed by atoms with E-state index in [1.165, 1.54) is 28.1 Å². The number of benzene rings is 1. The number of allylic oxidation sites excluding steroid dienone is 3. The van der Waals surface area contributed by atoms with E-state index in [-0.39, 0.29) is 11.2 Å². The third-order valence-electron chi connectivity index (χ3n) is 4.60. The number of fused-ring (bicyclic) bond motifs is 1. The van der Waals surface area contributed by atoms with Gasteiger partial charge in [0.2, 0.25) is 11.4 Å². The molecular weight excluding hydrogens is 314 g/mol. The van der Waals surface area contributed by atoms with Crippen molar-refractivity contribution >= 4 is 17.3 Å². The molecule has 1 aromatic heterocycles. The third kappa shape index (κ3) is 3.44. The Bertz CT molecular complexity index is 850. The van der Waals surface area contributed by atoms with Crippen molar-refractivity contribution in [1.29, 1.82) is 0 Å². The molecule has 4 heteroatoms. The molecule has 2 aromatic rings. The van der Waals surface area contributed by atoms with E-state index in [2.05, 4.69) is 49.7 Å². The SMILES string of the molecule is CCOc1cc(/C=C2/C(C)=C(C)c3ccc(CC)c[n+]32)ccc1O.[OH-]. The molecule has 3 rings (SSSR count). The van der Waals surface area contributed by atoms with Gasteiger partial charge in [-0.2, -0.15) is 4.57 Å². The second-order valence-electron chi connectivity index (χ2n) is 6.09. The van der Waals surface area contributed by atoms with Gasteiger partial charge >= 0.3 is 0 Å². The fraction of sp³-hybridized carbons (Fsp3) is 0.286. The van der Waals surface area contributed by atoms with E-state index in [0.717, 1.165) is 12.0 Å². The molecule has 0 fully saturated rings. The van der Waals surface area contributed by atoms with Gasteiger partial charge in [0.1, 0.15) is 0 Å². The fourth-order valence-electron chi connectivity index (χ4n) is 3.05. The monoisotopic (exact) mass is 339 g/mol. The molecule has 1 aliphatic rings. The first kappa shape index (κ1) is 18.7. The van der Waals surface area contributed by atoms with Crippen LogP contribution in [-0.2, 0) is 6.42 Å². The Kier molecular flexibility index (Phi) is 5.65. The van der Waals surface area contributed by atoms with Gasteiger partial charge in [-0.3, -0.25) is 0 Å². The highest BCUT2D eigenvalue weighted by molar-refractivity contribution is 5.87. The summed E-state index contributed by atoms with van der Waals surface area (Å²) in [6, 6.07) is 9.87. The third-order valence-corrected chi connectivity index (χ3v) is 4.60. The summed E-state index contributed by atoms with van der Waals surface area (Å²) in [7, 11) is 0. The topological polar surface area (TPSA) is 63.3 Å². The van der Waals surface area contributed by atoms with Crippen LogP contribution in [0.5, 0.6) is 11.5 Å². The zero-order valence-electron chi connectivity index (χ0n) is 15.2. The lowest BCUT2D eigenvalue weighted by atomic mass is 10.1. The Morgan fingerprint density at radius 3 is 2.52 bits per heavy atom. The number of nitrogens with zero attached hydrogens (tertiary/aromatic N) is 1. The molecule has 2 N–H and O–H groups in total. The molecule has 0 unspecified atom stereocenters. The molecule has 0 radical (unpaired) electrons. The van der Waals surface area contributed by atoms with Crippen molar-refractivity contribution < 1.29 is 19.9 Å². The molecule has 25 heavy (non-hydrogen) atoms. The maximum absolute atomic E-state index is 9.89. The predicted octanol–water partition coefficient (Wildman–Crippen LogP) is 4.27. The first-order chi connectivity index (χ1) is 11.5. The average Bonchev–Trinajstić information content (AvgIpc) is 2.82. The van der Waals surface area contributed by atoms with Crippen molar-refractivity contribution in [2.75, 3.05) is 6.61 Å².